The van der Waals surface area contributed by atoms with E-state index in [1.807, 2.05) is 24.3 Å². The van der Waals surface area contributed by atoms with E-state index in [0.717, 1.165) is 22.6 Å². The number of nitrogens with zero attached hydrogens (tertiary/aromatic N) is 1. The molecule has 0 saturated heterocycles. The van der Waals surface area contributed by atoms with Crippen molar-refractivity contribution in [3.05, 3.63) is 53.7 Å². The molecule has 1 aromatic heterocycles. The van der Waals surface area contributed by atoms with Crippen molar-refractivity contribution in [2.45, 2.75) is 23.5 Å². The summed E-state index contributed by atoms with van der Waals surface area (Å²) >= 11 is 1.75. The molecule has 2 heterocycles. The first kappa shape index (κ1) is 17.6. The zero-order valence-corrected chi connectivity index (χ0v) is 13.9. The first-order chi connectivity index (χ1) is 11.9. The van der Waals surface area contributed by atoms with E-state index in [-0.39, 0.29) is 23.4 Å². The van der Waals surface area contributed by atoms with Crippen molar-refractivity contribution >= 4 is 17.7 Å². The van der Waals surface area contributed by atoms with E-state index >= 15 is 0 Å². The molecule has 2 aromatic rings. The molecule has 0 radical (unpaired) electrons. The summed E-state index contributed by atoms with van der Waals surface area (Å²) in [6.07, 6.45) is -2.40. The number of halogens is 3. The van der Waals surface area contributed by atoms with Gasteiger partial charge >= 0.3 is 6.18 Å². The number of pyridine rings is 1. The highest BCUT2D eigenvalue weighted by molar-refractivity contribution is 7.99. The number of rotatable bonds is 4. The fourth-order valence-electron chi connectivity index (χ4n) is 2.49. The number of carbonyl (C=O) groups excluding carboxylic acids is 1. The normalized spacial score (nSPS) is 16.8. The molecule has 25 heavy (non-hydrogen) atoms. The molecule has 0 fully saturated rings. The van der Waals surface area contributed by atoms with Gasteiger partial charge in [-0.15, -0.1) is 11.8 Å². The van der Waals surface area contributed by atoms with E-state index in [4.69, 9.17) is 0 Å². The summed E-state index contributed by atoms with van der Waals surface area (Å²) in [7, 11) is 0. The third-order valence-corrected chi connectivity index (χ3v) is 4.77. The molecule has 0 saturated carbocycles. The molecule has 8 heteroatoms. The van der Waals surface area contributed by atoms with E-state index in [1.54, 1.807) is 11.8 Å². The van der Waals surface area contributed by atoms with Crippen molar-refractivity contribution in [3.63, 3.8) is 0 Å². The van der Waals surface area contributed by atoms with Crippen molar-refractivity contribution in [1.29, 1.82) is 0 Å². The lowest BCUT2D eigenvalue weighted by atomic mass is 10.0. The fraction of sp³-hybridized carbons (Fsp3) is 0.294. The number of carbonyl (C=O) groups is 1. The standard InChI is InChI=1S/C17H15F3N2O2S/c18-17(19,20)10-24-15-6-5-11(9-21-15)16(23)22-13-7-8-25-14-4-2-1-3-12(13)14/h1-6,9,13H,7-8,10H2,(H,22,23)/t13-/m1/s1. The minimum atomic E-state index is -4.43. The fourth-order valence-corrected chi connectivity index (χ4v) is 3.61. The summed E-state index contributed by atoms with van der Waals surface area (Å²) in [5.41, 5.74) is 1.35. The quantitative estimate of drug-likeness (QED) is 0.887. The SMILES string of the molecule is O=C(N[C@@H]1CCSc2ccccc21)c1ccc(OCC(F)(F)F)nc1. The van der Waals surface area contributed by atoms with Crippen LogP contribution in [0.15, 0.2) is 47.5 Å². The molecule has 1 aliphatic rings. The van der Waals surface area contributed by atoms with Gasteiger partial charge in [-0.05, 0) is 24.1 Å². The minimum absolute atomic E-state index is 0.0916. The van der Waals surface area contributed by atoms with Gasteiger partial charge in [-0.2, -0.15) is 13.2 Å². The number of hydrogen-bond donors (Lipinski definition) is 1. The van der Waals surface area contributed by atoms with Crippen LogP contribution in [0.5, 0.6) is 5.88 Å². The Bertz CT molecular complexity index is 750. The van der Waals surface area contributed by atoms with Crippen LogP contribution in [0, 0.1) is 0 Å². The maximum Gasteiger partial charge on any atom is 0.422 e. The number of nitrogens with one attached hydrogen (secondary N) is 1. The van der Waals surface area contributed by atoms with Crippen LogP contribution in [0.3, 0.4) is 0 Å². The molecule has 0 aliphatic carbocycles. The van der Waals surface area contributed by atoms with Gasteiger partial charge in [-0.25, -0.2) is 4.98 Å². The summed E-state index contributed by atoms with van der Waals surface area (Å²) in [6, 6.07) is 10.5. The van der Waals surface area contributed by atoms with Crippen molar-refractivity contribution in [3.8, 4) is 5.88 Å². The van der Waals surface area contributed by atoms with E-state index in [1.165, 1.54) is 18.3 Å². The largest absolute Gasteiger partial charge is 0.468 e. The monoisotopic (exact) mass is 368 g/mol. The van der Waals surface area contributed by atoms with Gasteiger partial charge < -0.3 is 10.1 Å². The van der Waals surface area contributed by atoms with Crippen molar-refractivity contribution < 1.29 is 22.7 Å². The predicted molar refractivity (Wildman–Crippen MR) is 87.8 cm³/mol. The van der Waals surface area contributed by atoms with Gasteiger partial charge in [0.1, 0.15) is 0 Å². The predicted octanol–water partition coefficient (Wildman–Crippen LogP) is 3.99. The summed E-state index contributed by atoms with van der Waals surface area (Å²) < 4.78 is 40.9. The maximum atomic E-state index is 12.4. The number of benzene rings is 1. The Morgan fingerprint density at radius 3 is 2.80 bits per heavy atom. The van der Waals surface area contributed by atoms with Gasteiger partial charge in [0.2, 0.25) is 5.88 Å². The second-order valence-corrected chi connectivity index (χ2v) is 6.63. The first-order valence-corrected chi connectivity index (χ1v) is 8.59. The van der Waals surface area contributed by atoms with E-state index in [2.05, 4.69) is 15.0 Å². The van der Waals surface area contributed by atoms with Crippen LogP contribution in [0.1, 0.15) is 28.4 Å². The average Bonchev–Trinajstić information content (AvgIpc) is 2.60. The van der Waals surface area contributed by atoms with E-state index in [9.17, 15) is 18.0 Å². The summed E-state index contributed by atoms with van der Waals surface area (Å²) in [5.74, 6) is 0.416. The number of hydrogen-bond acceptors (Lipinski definition) is 4. The highest BCUT2D eigenvalue weighted by Crippen LogP contribution is 2.35. The lowest BCUT2D eigenvalue weighted by Crippen LogP contribution is -2.30. The van der Waals surface area contributed by atoms with Crippen molar-refractivity contribution in [1.82, 2.24) is 10.3 Å². The van der Waals surface area contributed by atoms with Gasteiger partial charge in [-0.1, -0.05) is 18.2 Å². The topological polar surface area (TPSA) is 51.2 Å². The number of alkyl halides is 3. The Morgan fingerprint density at radius 2 is 2.08 bits per heavy atom. The Hall–Kier alpha value is -2.22. The summed E-state index contributed by atoms with van der Waals surface area (Å²) in [5, 5.41) is 2.95. The Morgan fingerprint density at radius 1 is 1.28 bits per heavy atom. The van der Waals surface area contributed by atoms with Crippen LogP contribution in [0.4, 0.5) is 13.2 Å². The third kappa shape index (κ3) is 4.66. The number of amides is 1. The Balaban J connectivity index is 1.64. The number of ether oxygens (including phenoxy) is 1. The first-order valence-electron chi connectivity index (χ1n) is 7.60. The molecule has 0 unspecified atom stereocenters. The van der Waals surface area contributed by atoms with Crippen LogP contribution in [-0.4, -0.2) is 29.4 Å². The average molecular weight is 368 g/mol. The van der Waals surface area contributed by atoms with Gasteiger partial charge in [0.25, 0.3) is 5.91 Å². The number of aromatic nitrogens is 1. The van der Waals surface area contributed by atoms with Gasteiger partial charge in [0.05, 0.1) is 11.6 Å². The second-order valence-electron chi connectivity index (χ2n) is 5.49. The molecule has 1 amide bonds. The van der Waals surface area contributed by atoms with Gasteiger partial charge in [0.15, 0.2) is 6.61 Å². The van der Waals surface area contributed by atoms with E-state index < -0.39 is 12.8 Å². The molecule has 4 nitrogen and oxygen atoms in total. The summed E-state index contributed by atoms with van der Waals surface area (Å²) in [6.45, 7) is -1.41. The second kappa shape index (κ2) is 7.35. The molecular formula is C17H15F3N2O2S. The lowest BCUT2D eigenvalue weighted by molar-refractivity contribution is -0.154. The van der Waals surface area contributed by atoms with Crippen LogP contribution < -0.4 is 10.1 Å². The van der Waals surface area contributed by atoms with Gasteiger partial charge in [-0.3, -0.25) is 4.79 Å². The smallest absolute Gasteiger partial charge is 0.422 e. The van der Waals surface area contributed by atoms with Crippen molar-refractivity contribution in [2.75, 3.05) is 12.4 Å². The van der Waals surface area contributed by atoms with Crippen LogP contribution >= 0.6 is 11.8 Å². The Kier molecular flexibility index (Phi) is 5.17. The molecule has 1 aromatic carbocycles. The Labute approximate surface area is 146 Å². The molecule has 132 valence electrons. The van der Waals surface area contributed by atoms with Crippen molar-refractivity contribution in [2.24, 2.45) is 0 Å². The highest BCUT2D eigenvalue weighted by atomic mass is 32.2. The minimum Gasteiger partial charge on any atom is -0.468 e. The maximum absolute atomic E-state index is 12.4. The highest BCUT2D eigenvalue weighted by Gasteiger charge is 2.28. The third-order valence-electron chi connectivity index (χ3n) is 3.65. The molecule has 1 N–H and O–H groups in total. The molecule has 0 bridgehead atoms. The van der Waals surface area contributed by atoms with Crippen LogP contribution in [0.2, 0.25) is 0 Å². The number of fused-ring (bicyclic) bond motifs is 1. The zero-order valence-electron chi connectivity index (χ0n) is 13.0. The molecule has 1 aliphatic heterocycles. The van der Waals surface area contributed by atoms with Gasteiger partial charge in [0, 0.05) is 22.9 Å². The molecule has 0 spiro atoms. The van der Waals surface area contributed by atoms with Crippen LogP contribution in [-0.2, 0) is 0 Å². The molecule has 3 rings (SSSR count). The molecular weight excluding hydrogens is 353 g/mol. The summed E-state index contributed by atoms with van der Waals surface area (Å²) in [4.78, 5) is 17.3. The van der Waals surface area contributed by atoms with E-state index in [0.29, 0.717) is 0 Å². The molecule has 1 atom stereocenters. The zero-order chi connectivity index (χ0) is 17.9. The van der Waals surface area contributed by atoms with Crippen LogP contribution in [0.25, 0.3) is 0 Å². The lowest BCUT2D eigenvalue weighted by Gasteiger charge is -2.25. The number of thioether (sulfide) groups is 1.